The highest BCUT2D eigenvalue weighted by atomic mass is 16.5. The van der Waals surface area contributed by atoms with Gasteiger partial charge in [0.05, 0.1) is 25.5 Å². The minimum absolute atomic E-state index is 0.0830. The summed E-state index contributed by atoms with van der Waals surface area (Å²) in [5.41, 5.74) is 1.84. The van der Waals surface area contributed by atoms with Crippen LogP contribution < -0.4 is 9.47 Å². The third kappa shape index (κ3) is 3.41. The van der Waals surface area contributed by atoms with Gasteiger partial charge in [-0.05, 0) is 32.0 Å². The summed E-state index contributed by atoms with van der Waals surface area (Å²) in [4.78, 5) is 22.7. The fraction of sp³-hybridized carbons (Fsp3) is 0.353. The highest BCUT2D eigenvalue weighted by Crippen LogP contribution is 2.32. The van der Waals surface area contributed by atoms with Crippen LogP contribution in [0.15, 0.2) is 30.7 Å². The van der Waals surface area contributed by atoms with E-state index >= 15 is 0 Å². The van der Waals surface area contributed by atoms with Gasteiger partial charge < -0.3 is 14.4 Å². The molecule has 0 unspecified atom stereocenters. The van der Waals surface area contributed by atoms with Crippen molar-refractivity contribution in [2.75, 3.05) is 27.3 Å². The molecule has 0 bridgehead atoms. The first kappa shape index (κ1) is 16.7. The zero-order valence-electron chi connectivity index (χ0n) is 13.9. The van der Waals surface area contributed by atoms with Crippen molar-refractivity contribution in [3.8, 4) is 22.8 Å². The van der Waals surface area contributed by atoms with Crippen molar-refractivity contribution in [2.24, 2.45) is 0 Å². The van der Waals surface area contributed by atoms with Crippen LogP contribution in [0.4, 0.5) is 0 Å². The second-order valence-corrected chi connectivity index (χ2v) is 4.83. The smallest absolute Gasteiger partial charge is 0.257 e. The van der Waals surface area contributed by atoms with E-state index in [1.165, 1.54) is 6.33 Å². The summed E-state index contributed by atoms with van der Waals surface area (Å²) in [6, 6.07) is 5.45. The van der Waals surface area contributed by atoms with Crippen LogP contribution in [0.3, 0.4) is 0 Å². The van der Waals surface area contributed by atoms with Gasteiger partial charge in [0.1, 0.15) is 6.33 Å². The lowest BCUT2D eigenvalue weighted by Gasteiger charge is -2.20. The van der Waals surface area contributed by atoms with Crippen molar-refractivity contribution in [2.45, 2.75) is 13.8 Å². The van der Waals surface area contributed by atoms with E-state index in [0.29, 0.717) is 35.8 Å². The molecule has 1 amide bonds. The van der Waals surface area contributed by atoms with Gasteiger partial charge in [-0.25, -0.2) is 9.97 Å². The highest BCUT2D eigenvalue weighted by molar-refractivity contribution is 5.99. The van der Waals surface area contributed by atoms with E-state index in [4.69, 9.17) is 9.47 Å². The first-order valence-electron chi connectivity index (χ1n) is 7.47. The molecule has 1 heterocycles. The maximum absolute atomic E-state index is 12.7. The minimum Gasteiger partial charge on any atom is -0.493 e. The third-order valence-electron chi connectivity index (χ3n) is 3.65. The monoisotopic (exact) mass is 315 g/mol. The number of aromatic nitrogens is 2. The summed E-state index contributed by atoms with van der Waals surface area (Å²) in [6.07, 6.45) is 2.99. The molecule has 1 aromatic heterocycles. The third-order valence-corrected chi connectivity index (χ3v) is 3.65. The van der Waals surface area contributed by atoms with Gasteiger partial charge in [-0.3, -0.25) is 4.79 Å². The van der Waals surface area contributed by atoms with Gasteiger partial charge in [0, 0.05) is 24.8 Å². The zero-order valence-corrected chi connectivity index (χ0v) is 13.9. The molecular formula is C17H21N3O3. The number of benzene rings is 1. The molecule has 0 radical (unpaired) electrons. The minimum atomic E-state index is -0.0830. The van der Waals surface area contributed by atoms with Crippen molar-refractivity contribution in [1.82, 2.24) is 14.9 Å². The maximum Gasteiger partial charge on any atom is 0.257 e. The van der Waals surface area contributed by atoms with E-state index in [0.717, 1.165) is 5.56 Å². The molecule has 0 aliphatic carbocycles. The Balaban J connectivity index is 2.51. The summed E-state index contributed by atoms with van der Waals surface area (Å²) in [6.45, 7) is 5.16. The number of carbonyl (C=O) groups is 1. The largest absolute Gasteiger partial charge is 0.493 e. The predicted molar refractivity (Wildman–Crippen MR) is 87.8 cm³/mol. The number of amides is 1. The SMILES string of the molecule is CCN(CC)C(=O)c1cncnc1-c1ccc(OC)c(OC)c1. The molecule has 0 saturated carbocycles. The van der Waals surface area contributed by atoms with E-state index in [-0.39, 0.29) is 5.91 Å². The molecule has 2 aromatic rings. The summed E-state index contributed by atoms with van der Waals surface area (Å²) in [5, 5.41) is 0. The second-order valence-electron chi connectivity index (χ2n) is 4.83. The van der Waals surface area contributed by atoms with Crippen LogP contribution in [0.25, 0.3) is 11.3 Å². The van der Waals surface area contributed by atoms with E-state index in [2.05, 4.69) is 9.97 Å². The number of hydrogen-bond donors (Lipinski definition) is 0. The van der Waals surface area contributed by atoms with E-state index in [1.54, 1.807) is 37.4 Å². The van der Waals surface area contributed by atoms with Crippen LogP contribution in [0.1, 0.15) is 24.2 Å². The number of methoxy groups -OCH3 is 2. The van der Waals surface area contributed by atoms with Crippen LogP contribution in [0.5, 0.6) is 11.5 Å². The molecule has 2 rings (SSSR count). The Morgan fingerprint density at radius 2 is 1.83 bits per heavy atom. The molecule has 1 aromatic carbocycles. The van der Waals surface area contributed by atoms with Crippen molar-refractivity contribution < 1.29 is 14.3 Å². The fourth-order valence-electron chi connectivity index (χ4n) is 2.38. The average Bonchev–Trinajstić information content (AvgIpc) is 2.62. The van der Waals surface area contributed by atoms with Gasteiger partial charge in [0.15, 0.2) is 11.5 Å². The Morgan fingerprint density at radius 1 is 1.13 bits per heavy atom. The number of carbonyl (C=O) groups excluding carboxylic acids is 1. The van der Waals surface area contributed by atoms with Gasteiger partial charge in [-0.15, -0.1) is 0 Å². The van der Waals surface area contributed by atoms with E-state index in [1.807, 2.05) is 19.9 Å². The predicted octanol–water partition coefficient (Wildman–Crippen LogP) is 2.64. The second kappa shape index (κ2) is 7.58. The molecule has 23 heavy (non-hydrogen) atoms. The average molecular weight is 315 g/mol. The molecule has 0 fully saturated rings. The standard InChI is InChI=1S/C17H21N3O3/c1-5-20(6-2)17(21)13-10-18-11-19-16(13)12-7-8-14(22-3)15(9-12)23-4/h7-11H,5-6H2,1-4H3. The molecule has 0 N–H and O–H groups in total. The number of nitrogens with zero attached hydrogens (tertiary/aromatic N) is 3. The lowest BCUT2D eigenvalue weighted by Crippen LogP contribution is -2.31. The van der Waals surface area contributed by atoms with Crippen LogP contribution in [-0.2, 0) is 0 Å². The van der Waals surface area contributed by atoms with Gasteiger partial charge >= 0.3 is 0 Å². The summed E-state index contributed by atoms with van der Waals surface area (Å²) < 4.78 is 10.6. The van der Waals surface area contributed by atoms with Gasteiger partial charge in [0.2, 0.25) is 0 Å². The van der Waals surface area contributed by atoms with Crippen molar-refractivity contribution in [3.63, 3.8) is 0 Å². The quantitative estimate of drug-likeness (QED) is 0.820. The van der Waals surface area contributed by atoms with Crippen molar-refractivity contribution in [1.29, 1.82) is 0 Å². The molecule has 0 spiro atoms. The number of hydrogen-bond acceptors (Lipinski definition) is 5. The fourth-order valence-corrected chi connectivity index (χ4v) is 2.38. The molecular weight excluding hydrogens is 294 g/mol. The lowest BCUT2D eigenvalue weighted by atomic mass is 10.1. The summed E-state index contributed by atoms with van der Waals surface area (Å²) in [5.74, 6) is 1.13. The zero-order chi connectivity index (χ0) is 16.8. The topological polar surface area (TPSA) is 64.6 Å². The highest BCUT2D eigenvalue weighted by Gasteiger charge is 2.19. The van der Waals surface area contributed by atoms with Crippen LogP contribution >= 0.6 is 0 Å². The van der Waals surface area contributed by atoms with Crippen LogP contribution in [0, 0.1) is 0 Å². The molecule has 6 heteroatoms. The van der Waals surface area contributed by atoms with Crippen LogP contribution in [-0.4, -0.2) is 48.1 Å². The Bertz CT molecular complexity index is 685. The molecule has 6 nitrogen and oxygen atoms in total. The number of ether oxygens (including phenoxy) is 2. The molecule has 0 aliphatic heterocycles. The van der Waals surface area contributed by atoms with Crippen molar-refractivity contribution >= 4 is 5.91 Å². The van der Waals surface area contributed by atoms with Gasteiger partial charge in [-0.1, -0.05) is 0 Å². The van der Waals surface area contributed by atoms with E-state index < -0.39 is 0 Å². The van der Waals surface area contributed by atoms with Crippen molar-refractivity contribution in [3.05, 3.63) is 36.3 Å². The van der Waals surface area contributed by atoms with E-state index in [9.17, 15) is 4.79 Å². The summed E-state index contributed by atoms with van der Waals surface area (Å²) >= 11 is 0. The molecule has 0 aliphatic rings. The molecule has 122 valence electrons. The Labute approximate surface area is 136 Å². The maximum atomic E-state index is 12.7. The Kier molecular flexibility index (Phi) is 5.51. The number of rotatable bonds is 6. The summed E-state index contributed by atoms with van der Waals surface area (Å²) in [7, 11) is 3.15. The van der Waals surface area contributed by atoms with Gasteiger partial charge in [-0.2, -0.15) is 0 Å². The first-order valence-corrected chi connectivity index (χ1v) is 7.47. The molecule has 0 saturated heterocycles. The normalized spacial score (nSPS) is 10.3. The molecule has 0 atom stereocenters. The lowest BCUT2D eigenvalue weighted by molar-refractivity contribution is 0.0773. The first-order chi connectivity index (χ1) is 11.2. The van der Waals surface area contributed by atoms with Crippen LogP contribution in [0.2, 0.25) is 0 Å². The Morgan fingerprint density at radius 3 is 2.43 bits per heavy atom. The Hall–Kier alpha value is -2.63. The van der Waals surface area contributed by atoms with Gasteiger partial charge in [0.25, 0.3) is 5.91 Å².